The lowest BCUT2D eigenvalue weighted by molar-refractivity contribution is -0.385. The number of rotatable bonds is 5. The molecule has 2 aromatic rings. The Morgan fingerprint density at radius 2 is 2.05 bits per heavy atom. The molecule has 1 heterocycles. The molecule has 0 saturated heterocycles. The van der Waals surface area contributed by atoms with E-state index in [4.69, 9.17) is 16.3 Å². The lowest BCUT2D eigenvalue weighted by atomic mass is 10.1. The third-order valence-corrected chi connectivity index (χ3v) is 2.83. The number of benzene rings is 1. The molecule has 98 valence electrons. The van der Waals surface area contributed by atoms with Crippen molar-refractivity contribution in [1.29, 1.82) is 0 Å². The Kier molecular flexibility index (Phi) is 4.30. The maximum atomic E-state index is 10.8. The molecule has 6 heteroatoms. The van der Waals surface area contributed by atoms with E-state index in [0.29, 0.717) is 24.3 Å². The van der Waals surface area contributed by atoms with Gasteiger partial charge >= 0.3 is 0 Å². The number of nitro benzene ring substituents is 1. The van der Waals surface area contributed by atoms with Crippen LogP contribution in [-0.4, -0.2) is 16.5 Å². The van der Waals surface area contributed by atoms with E-state index in [1.807, 2.05) is 0 Å². The number of aromatic nitrogens is 1. The van der Waals surface area contributed by atoms with Gasteiger partial charge in [-0.3, -0.25) is 10.1 Å². The molecule has 0 N–H and O–H groups in total. The summed E-state index contributed by atoms with van der Waals surface area (Å²) in [6.45, 7) is 0.302. The summed E-state index contributed by atoms with van der Waals surface area (Å²) in [6, 6.07) is 10.0. The van der Waals surface area contributed by atoms with E-state index in [9.17, 15) is 10.1 Å². The van der Waals surface area contributed by atoms with Crippen LogP contribution in [-0.2, 0) is 6.42 Å². The minimum atomic E-state index is -0.396. The second kappa shape index (κ2) is 6.15. The average Bonchev–Trinajstić information content (AvgIpc) is 2.41. The van der Waals surface area contributed by atoms with E-state index in [0.717, 1.165) is 0 Å². The normalized spacial score (nSPS) is 10.2. The van der Waals surface area contributed by atoms with Gasteiger partial charge in [-0.25, -0.2) is 4.98 Å². The molecule has 0 aliphatic rings. The summed E-state index contributed by atoms with van der Waals surface area (Å²) < 4.78 is 5.46. The summed E-state index contributed by atoms with van der Waals surface area (Å²) in [4.78, 5) is 14.3. The second-order valence-electron chi connectivity index (χ2n) is 3.78. The number of nitro groups is 1. The molecule has 0 aliphatic carbocycles. The van der Waals surface area contributed by atoms with Gasteiger partial charge in [0.25, 0.3) is 5.69 Å². The maximum absolute atomic E-state index is 10.8. The van der Waals surface area contributed by atoms with Crippen LogP contribution in [0, 0.1) is 10.1 Å². The molecule has 5 nitrogen and oxygen atoms in total. The zero-order chi connectivity index (χ0) is 13.7. The van der Waals surface area contributed by atoms with Gasteiger partial charge in [-0.05, 0) is 12.1 Å². The highest BCUT2D eigenvalue weighted by Crippen LogP contribution is 2.22. The second-order valence-corrected chi connectivity index (χ2v) is 4.13. The summed E-state index contributed by atoms with van der Waals surface area (Å²) >= 11 is 5.84. The van der Waals surface area contributed by atoms with Gasteiger partial charge in [0.2, 0.25) is 0 Å². The number of para-hydroxylation sites is 1. The van der Waals surface area contributed by atoms with Crippen molar-refractivity contribution in [3.8, 4) is 5.75 Å². The summed E-state index contributed by atoms with van der Waals surface area (Å²) in [5.74, 6) is 0.475. The van der Waals surface area contributed by atoms with Gasteiger partial charge in [-0.2, -0.15) is 0 Å². The Morgan fingerprint density at radius 1 is 1.26 bits per heavy atom. The van der Waals surface area contributed by atoms with E-state index >= 15 is 0 Å². The average molecular weight is 279 g/mol. The van der Waals surface area contributed by atoms with E-state index in [1.54, 1.807) is 36.5 Å². The van der Waals surface area contributed by atoms with Gasteiger partial charge in [0, 0.05) is 24.2 Å². The van der Waals surface area contributed by atoms with Crippen LogP contribution in [0.15, 0.2) is 42.6 Å². The third kappa shape index (κ3) is 3.42. The van der Waals surface area contributed by atoms with Gasteiger partial charge in [0.15, 0.2) is 10.9 Å². The highest BCUT2D eigenvalue weighted by molar-refractivity contribution is 6.30. The van der Waals surface area contributed by atoms with E-state index in [-0.39, 0.29) is 10.8 Å². The van der Waals surface area contributed by atoms with Crippen molar-refractivity contribution in [3.05, 3.63) is 63.4 Å². The first-order valence-corrected chi connectivity index (χ1v) is 6.02. The van der Waals surface area contributed by atoms with Crippen LogP contribution < -0.4 is 4.74 Å². The van der Waals surface area contributed by atoms with Gasteiger partial charge in [0.1, 0.15) is 0 Å². The largest absolute Gasteiger partial charge is 0.490 e. The van der Waals surface area contributed by atoms with Crippen molar-refractivity contribution in [3.63, 3.8) is 0 Å². The van der Waals surface area contributed by atoms with Crippen molar-refractivity contribution in [1.82, 2.24) is 4.98 Å². The first-order valence-electron chi connectivity index (χ1n) is 5.64. The monoisotopic (exact) mass is 278 g/mol. The van der Waals surface area contributed by atoms with Crippen LogP contribution in [0.2, 0.25) is 5.15 Å². The molecule has 1 aromatic heterocycles. The number of nitrogens with zero attached hydrogens (tertiary/aromatic N) is 2. The predicted octanol–water partition coefficient (Wildman–Crippen LogP) is 3.26. The van der Waals surface area contributed by atoms with Gasteiger partial charge in [-0.15, -0.1) is 0 Å². The fourth-order valence-corrected chi connectivity index (χ4v) is 1.82. The van der Waals surface area contributed by atoms with Gasteiger partial charge < -0.3 is 4.74 Å². The van der Waals surface area contributed by atoms with Crippen molar-refractivity contribution < 1.29 is 9.66 Å². The smallest absolute Gasteiger partial charge is 0.272 e. The molecular formula is C13H11ClN2O3. The van der Waals surface area contributed by atoms with E-state index in [1.165, 1.54) is 6.07 Å². The summed E-state index contributed by atoms with van der Waals surface area (Å²) in [5.41, 5.74) is 0.732. The number of pyridine rings is 1. The van der Waals surface area contributed by atoms with E-state index in [2.05, 4.69) is 4.98 Å². The molecule has 0 unspecified atom stereocenters. The zero-order valence-corrected chi connectivity index (χ0v) is 10.7. The predicted molar refractivity (Wildman–Crippen MR) is 71.5 cm³/mol. The molecule has 0 bridgehead atoms. The summed E-state index contributed by atoms with van der Waals surface area (Å²) in [7, 11) is 0. The van der Waals surface area contributed by atoms with Crippen LogP contribution in [0.4, 0.5) is 5.69 Å². The molecule has 0 atom stereocenters. The lowest BCUT2D eigenvalue weighted by Gasteiger charge is -2.07. The number of ether oxygens (including phenoxy) is 1. The van der Waals surface area contributed by atoms with Crippen molar-refractivity contribution >= 4 is 17.3 Å². The summed E-state index contributed by atoms with van der Waals surface area (Å²) in [6.07, 6.45) is 2.00. The highest BCUT2D eigenvalue weighted by atomic mass is 35.5. The molecule has 2 rings (SSSR count). The standard InChI is InChI=1S/C13H11ClN2O3/c14-13-12(6-3-8-15-13)19-9-7-10-4-1-2-5-11(10)16(17)18/h1-6,8H,7,9H2. The van der Waals surface area contributed by atoms with Crippen molar-refractivity contribution in [2.45, 2.75) is 6.42 Å². The number of hydrogen-bond acceptors (Lipinski definition) is 4. The van der Waals surface area contributed by atoms with Crippen LogP contribution in [0.25, 0.3) is 0 Å². The highest BCUT2D eigenvalue weighted by Gasteiger charge is 2.12. The van der Waals surface area contributed by atoms with Crippen molar-refractivity contribution in [2.24, 2.45) is 0 Å². The Hall–Kier alpha value is -2.14. The first kappa shape index (κ1) is 13.3. The van der Waals surface area contributed by atoms with Crippen LogP contribution >= 0.6 is 11.6 Å². The Labute approximate surface area is 115 Å². The van der Waals surface area contributed by atoms with Gasteiger partial charge in [0.05, 0.1) is 11.5 Å². The SMILES string of the molecule is O=[N+]([O-])c1ccccc1CCOc1cccnc1Cl. The molecule has 0 spiro atoms. The minimum absolute atomic E-state index is 0.100. The van der Waals surface area contributed by atoms with Crippen LogP contribution in [0.5, 0.6) is 5.75 Å². The fourth-order valence-electron chi connectivity index (χ4n) is 1.65. The molecule has 0 saturated carbocycles. The zero-order valence-electron chi connectivity index (χ0n) is 9.95. The minimum Gasteiger partial charge on any atom is -0.490 e. The maximum Gasteiger partial charge on any atom is 0.272 e. The third-order valence-electron chi connectivity index (χ3n) is 2.54. The molecule has 0 aliphatic heterocycles. The topological polar surface area (TPSA) is 65.3 Å². The van der Waals surface area contributed by atoms with E-state index < -0.39 is 4.92 Å². The Bertz CT molecular complexity index is 590. The molecule has 0 radical (unpaired) electrons. The molecule has 0 fully saturated rings. The number of hydrogen-bond donors (Lipinski definition) is 0. The molecular weight excluding hydrogens is 268 g/mol. The van der Waals surface area contributed by atoms with Gasteiger partial charge in [-0.1, -0.05) is 29.8 Å². The quantitative estimate of drug-likeness (QED) is 0.478. The van der Waals surface area contributed by atoms with Crippen molar-refractivity contribution in [2.75, 3.05) is 6.61 Å². The Balaban J connectivity index is 2.00. The number of halogens is 1. The molecule has 19 heavy (non-hydrogen) atoms. The Morgan fingerprint density at radius 3 is 2.79 bits per heavy atom. The molecule has 1 aromatic carbocycles. The molecule has 0 amide bonds. The fraction of sp³-hybridized carbons (Fsp3) is 0.154. The summed E-state index contributed by atoms with van der Waals surface area (Å²) in [5, 5.41) is 11.1. The lowest BCUT2D eigenvalue weighted by Crippen LogP contribution is -2.04. The van der Waals surface area contributed by atoms with Crippen LogP contribution in [0.1, 0.15) is 5.56 Å². The first-order chi connectivity index (χ1) is 9.18. The van der Waals surface area contributed by atoms with Crippen LogP contribution in [0.3, 0.4) is 0 Å².